The summed E-state index contributed by atoms with van der Waals surface area (Å²) < 4.78 is 0. The summed E-state index contributed by atoms with van der Waals surface area (Å²) in [5.74, 6) is 0. The quantitative estimate of drug-likeness (QED) is 0.238. The van der Waals surface area contributed by atoms with Crippen molar-refractivity contribution in [3.8, 4) is 0 Å². The molecule has 0 fully saturated rings. The van der Waals surface area contributed by atoms with Crippen LogP contribution in [0.1, 0.15) is 0 Å². The van der Waals surface area contributed by atoms with Crippen LogP contribution in [0, 0.1) is 0 Å². The van der Waals surface area contributed by atoms with Gasteiger partial charge in [0.15, 0.2) is 6.29 Å². The van der Waals surface area contributed by atoms with Gasteiger partial charge in [-0.2, -0.15) is 0 Å². The van der Waals surface area contributed by atoms with E-state index < -0.39 is 31.0 Å². The molecule has 0 bridgehead atoms. The number of hydrogen-bond donors (Lipinski definition) is 5. The summed E-state index contributed by atoms with van der Waals surface area (Å²) in [7, 11) is 0. The first kappa shape index (κ1) is 15.8. The minimum atomic E-state index is -1.79. The van der Waals surface area contributed by atoms with E-state index in [0.717, 1.165) is 0 Å². The number of rotatable bonds is 5. The molecule has 4 unspecified atom stereocenters. The third-order valence-corrected chi connectivity index (χ3v) is 1.42. The molecule has 0 heterocycles. The first-order valence-corrected chi connectivity index (χ1v) is 3.33. The molecule has 0 aromatic rings. The summed E-state index contributed by atoms with van der Waals surface area (Å²) in [6.07, 6.45) is -6.84. The Morgan fingerprint density at radius 2 is 1.54 bits per heavy atom. The Labute approximate surface area is 93.9 Å². The Hall–Kier alpha value is 0.353. The standard InChI is InChI=1S/C6H12O6.Bi.3H/c7-1-3(9)5(11)6(12)4(10)2-8;;;;/h1,3-6,8-12H,2H2;;;;. The Morgan fingerprint density at radius 3 is 1.85 bits per heavy atom. The first-order chi connectivity index (χ1) is 5.54. The number of carbonyl (C=O) groups excluding carboxylic acids is 1. The van der Waals surface area contributed by atoms with Gasteiger partial charge in [0.05, 0.1) is 6.61 Å². The fraction of sp³-hybridized carbons (Fsp3) is 0.833. The normalized spacial score (nSPS) is 19.5. The van der Waals surface area contributed by atoms with Gasteiger partial charge in [0.1, 0.15) is 24.4 Å². The van der Waals surface area contributed by atoms with E-state index in [2.05, 4.69) is 0 Å². The average Bonchev–Trinajstić information content (AvgIpc) is 2.12. The molecule has 0 amide bonds. The van der Waals surface area contributed by atoms with Crippen LogP contribution in [0.25, 0.3) is 0 Å². The second-order valence-electron chi connectivity index (χ2n) is 2.36. The van der Waals surface area contributed by atoms with Crippen molar-refractivity contribution in [2.24, 2.45) is 0 Å². The molecule has 4 atom stereocenters. The van der Waals surface area contributed by atoms with Crippen molar-refractivity contribution in [3.63, 3.8) is 0 Å². The molecule has 0 aliphatic rings. The van der Waals surface area contributed by atoms with Crippen molar-refractivity contribution >= 4 is 32.5 Å². The van der Waals surface area contributed by atoms with Gasteiger partial charge in [-0.05, 0) is 0 Å². The Morgan fingerprint density at radius 1 is 1.08 bits per heavy atom. The summed E-state index contributed by atoms with van der Waals surface area (Å²) in [4.78, 5) is 9.90. The van der Waals surface area contributed by atoms with Crippen LogP contribution in [0.15, 0.2) is 0 Å². The van der Waals surface area contributed by atoms with E-state index in [-0.39, 0.29) is 32.5 Å². The summed E-state index contributed by atoms with van der Waals surface area (Å²) in [5.41, 5.74) is 0. The van der Waals surface area contributed by atoms with Crippen LogP contribution >= 0.6 is 0 Å². The molecule has 0 saturated heterocycles. The zero-order valence-electron chi connectivity index (χ0n) is 6.95. The van der Waals surface area contributed by atoms with Crippen molar-refractivity contribution in [2.45, 2.75) is 24.4 Å². The molecular formula is C6H15BiO6. The van der Waals surface area contributed by atoms with Crippen LogP contribution in [0.3, 0.4) is 0 Å². The SMILES string of the molecule is O=CC(O)C(O)C(O)C(O)CO.[BiH3]. The molecule has 0 rings (SSSR count). The monoisotopic (exact) mass is 392 g/mol. The molecule has 0 aliphatic carbocycles. The Bertz CT molecular complexity index is 143. The molecule has 13 heavy (non-hydrogen) atoms. The van der Waals surface area contributed by atoms with Gasteiger partial charge in [0, 0.05) is 0 Å². The molecular weight excluding hydrogens is 377 g/mol. The fourth-order valence-corrected chi connectivity index (χ4v) is 0.618. The van der Waals surface area contributed by atoms with Crippen LogP contribution < -0.4 is 0 Å². The third kappa shape index (κ3) is 4.95. The van der Waals surface area contributed by atoms with Crippen molar-refractivity contribution < 1.29 is 30.3 Å². The number of hydrogen-bond acceptors (Lipinski definition) is 6. The zero-order chi connectivity index (χ0) is 9.72. The van der Waals surface area contributed by atoms with Gasteiger partial charge in [-0.15, -0.1) is 0 Å². The molecule has 0 aliphatic heterocycles. The van der Waals surface area contributed by atoms with Crippen LogP contribution in [0.4, 0.5) is 0 Å². The maximum atomic E-state index is 9.90. The predicted octanol–water partition coefficient (Wildman–Crippen LogP) is -4.56. The Kier molecular flexibility index (Phi) is 9.40. The van der Waals surface area contributed by atoms with E-state index in [9.17, 15) is 4.79 Å². The molecule has 0 spiro atoms. The topological polar surface area (TPSA) is 118 Å². The minimum absolute atomic E-state index is 0. The second-order valence-corrected chi connectivity index (χ2v) is 2.36. The molecule has 0 aromatic carbocycles. The molecule has 80 valence electrons. The van der Waals surface area contributed by atoms with Crippen LogP contribution in [-0.4, -0.2) is 89.0 Å². The average molecular weight is 392 g/mol. The van der Waals surface area contributed by atoms with Gasteiger partial charge in [-0.25, -0.2) is 0 Å². The fourth-order valence-electron chi connectivity index (χ4n) is 0.618. The van der Waals surface area contributed by atoms with E-state index in [0.29, 0.717) is 0 Å². The number of aliphatic hydroxyl groups excluding tert-OH is 5. The zero-order valence-corrected chi connectivity index (χ0v) is 12.4. The van der Waals surface area contributed by atoms with Crippen LogP contribution in [-0.2, 0) is 4.79 Å². The second kappa shape index (κ2) is 7.73. The molecule has 0 radical (unpaired) electrons. The van der Waals surface area contributed by atoms with Gasteiger partial charge < -0.3 is 30.3 Å². The van der Waals surface area contributed by atoms with E-state index in [4.69, 9.17) is 25.5 Å². The summed E-state index contributed by atoms with van der Waals surface area (Å²) in [6, 6.07) is 0. The Balaban J connectivity index is 0. The number of aldehydes is 1. The van der Waals surface area contributed by atoms with Crippen LogP contribution in [0.2, 0.25) is 0 Å². The molecule has 6 nitrogen and oxygen atoms in total. The predicted molar refractivity (Wildman–Crippen MR) is 47.1 cm³/mol. The molecule has 0 saturated carbocycles. The maximum absolute atomic E-state index is 9.90. The van der Waals surface area contributed by atoms with Crippen molar-refractivity contribution in [2.75, 3.05) is 6.61 Å². The van der Waals surface area contributed by atoms with E-state index in [1.54, 1.807) is 0 Å². The van der Waals surface area contributed by atoms with Gasteiger partial charge in [-0.1, -0.05) is 0 Å². The van der Waals surface area contributed by atoms with Gasteiger partial charge >= 0.3 is 26.2 Å². The third-order valence-electron chi connectivity index (χ3n) is 1.42. The van der Waals surface area contributed by atoms with E-state index >= 15 is 0 Å². The van der Waals surface area contributed by atoms with Gasteiger partial charge in [0.25, 0.3) is 0 Å². The summed E-state index contributed by atoms with van der Waals surface area (Å²) >= 11 is 0. The summed E-state index contributed by atoms with van der Waals surface area (Å²) in [5, 5.41) is 43.5. The van der Waals surface area contributed by atoms with Crippen molar-refractivity contribution in [3.05, 3.63) is 0 Å². The summed E-state index contributed by atoms with van der Waals surface area (Å²) in [6.45, 7) is -0.760. The number of carbonyl (C=O) groups is 1. The van der Waals surface area contributed by atoms with E-state index in [1.165, 1.54) is 0 Å². The molecule has 0 aromatic heterocycles. The van der Waals surface area contributed by atoms with Crippen LogP contribution in [0.5, 0.6) is 0 Å². The molecule has 5 N–H and O–H groups in total. The molecule has 7 heteroatoms. The first-order valence-electron chi connectivity index (χ1n) is 3.33. The number of aliphatic hydroxyl groups is 5. The van der Waals surface area contributed by atoms with E-state index in [1.807, 2.05) is 0 Å². The van der Waals surface area contributed by atoms with Crippen molar-refractivity contribution in [1.29, 1.82) is 0 Å². The van der Waals surface area contributed by atoms with Gasteiger partial charge in [0.2, 0.25) is 0 Å². The van der Waals surface area contributed by atoms with Gasteiger partial charge in [-0.3, -0.25) is 0 Å². The van der Waals surface area contributed by atoms with Crippen molar-refractivity contribution in [1.82, 2.24) is 0 Å².